The number of likely N-dealkylation sites (tertiary alicyclic amines) is 1. The molecule has 0 amide bonds. The van der Waals surface area contributed by atoms with Gasteiger partial charge in [-0.3, -0.25) is 4.79 Å². The summed E-state index contributed by atoms with van der Waals surface area (Å²) in [5.74, 6) is 0.0260. The van der Waals surface area contributed by atoms with E-state index in [0.717, 1.165) is 13.1 Å². The fraction of sp³-hybridized carbons (Fsp3) is 0.778. The normalized spacial score (nSPS) is 23.1. The van der Waals surface area contributed by atoms with E-state index in [1.807, 2.05) is 7.05 Å². The first-order valence-corrected chi connectivity index (χ1v) is 4.21. The third-order valence-corrected chi connectivity index (χ3v) is 2.73. The largest absolute Gasteiger partial charge is 0.306 e. The molecule has 1 aliphatic heterocycles. The maximum atomic E-state index is 11.2. The van der Waals surface area contributed by atoms with Crippen LogP contribution in [0.5, 0.6) is 0 Å². The second-order valence-corrected chi connectivity index (χ2v) is 3.55. The van der Waals surface area contributed by atoms with Gasteiger partial charge in [0.1, 0.15) is 11.2 Å². The molecule has 1 fully saturated rings. The van der Waals surface area contributed by atoms with Crippen molar-refractivity contribution in [1.29, 1.82) is 5.26 Å². The summed E-state index contributed by atoms with van der Waals surface area (Å²) in [7, 11) is 2.02. The molecular weight excluding hydrogens is 152 g/mol. The molecule has 0 aromatic rings. The van der Waals surface area contributed by atoms with Crippen LogP contribution in [0, 0.1) is 16.7 Å². The third-order valence-electron chi connectivity index (χ3n) is 2.73. The number of Topliss-reactive ketones (excluding diaryl/α,β-unsaturated/α-hetero) is 1. The summed E-state index contributed by atoms with van der Waals surface area (Å²) in [5, 5.41) is 8.91. The molecule has 0 aromatic heterocycles. The molecular formula is C9H14N2O. The number of nitriles is 1. The Balaban J connectivity index is 2.72. The van der Waals surface area contributed by atoms with Gasteiger partial charge in [0, 0.05) is 0 Å². The van der Waals surface area contributed by atoms with Crippen LogP contribution in [0.15, 0.2) is 0 Å². The molecule has 1 heterocycles. The van der Waals surface area contributed by atoms with Crippen molar-refractivity contribution in [3.63, 3.8) is 0 Å². The van der Waals surface area contributed by atoms with Gasteiger partial charge in [-0.2, -0.15) is 5.26 Å². The molecule has 0 aliphatic carbocycles. The van der Waals surface area contributed by atoms with Crippen LogP contribution in [0.3, 0.4) is 0 Å². The Morgan fingerprint density at radius 1 is 1.50 bits per heavy atom. The van der Waals surface area contributed by atoms with E-state index in [-0.39, 0.29) is 5.78 Å². The van der Waals surface area contributed by atoms with Crippen molar-refractivity contribution in [2.24, 2.45) is 5.41 Å². The lowest BCUT2D eigenvalue weighted by atomic mass is 9.77. The number of hydrogen-bond donors (Lipinski definition) is 0. The Hall–Kier alpha value is -0.880. The first-order valence-electron chi connectivity index (χ1n) is 4.21. The number of nitrogens with zero attached hydrogens (tertiary/aromatic N) is 2. The highest BCUT2D eigenvalue weighted by atomic mass is 16.1. The third kappa shape index (κ3) is 1.49. The molecule has 0 radical (unpaired) electrons. The maximum Gasteiger partial charge on any atom is 0.150 e. The predicted molar refractivity (Wildman–Crippen MR) is 45.5 cm³/mol. The van der Waals surface area contributed by atoms with E-state index in [1.54, 1.807) is 0 Å². The standard InChI is InChI=1S/C9H14N2O/c1-8(12)9(7-10)3-5-11(2)6-4-9/h3-6H2,1-2H3. The summed E-state index contributed by atoms with van der Waals surface area (Å²) in [6.45, 7) is 3.23. The molecule has 0 aromatic carbocycles. The number of hydrogen-bond acceptors (Lipinski definition) is 3. The zero-order chi connectivity index (χ0) is 9.19. The van der Waals surface area contributed by atoms with Crippen LogP contribution in [0.4, 0.5) is 0 Å². The van der Waals surface area contributed by atoms with Crippen molar-refractivity contribution in [2.75, 3.05) is 20.1 Å². The maximum absolute atomic E-state index is 11.2. The van der Waals surface area contributed by atoms with Crippen LogP contribution in [-0.4, -0.2) is 30.8 Å². The van der Waals surface area contributed by atoms with Crippen molar-refractivity contribution >= 4 is 5.78 Å². The van der Waals surface area contributed by atoms with Crippen LogP contribution in [0.25, 0.3) is 0 Å². The predicted octanol–water partition coefficient (Wildman–Crippen LogP) is 0.811. The number of carbonyl (C=O) groups is 1. The van der Waals surface area contributed by atoms with E-state index in [9.17, 15) is 4.79 Å². The van der Waals surface area contributed by atoms with Crippen LogP contribution in [-0.2, 0) is 4.79 Å². The van der Waals surface area contributed by atoms with E-state index < -0.39 is 5.41 Å². The van der Waals surface area contributed by atoms with Crippen LogP contribution < -0.4 is 0 Å². The van der Waals surface area contributed by atoms with Crippen LogP contribution in [0.2, 0.25) is 0 Å². The van der Waals surface area contributed by atoms with E-state index in [2.05, 4.69) is 11.0 Å². The summed E-state index contributed by atoms with van der Waals surface area (Å²) in [6, 6.07) is 2.16. The molecule has 0 saturated carbocycles. The molecule has 12 heavy (non-hydrogen) atoms. The molecule has 3 heteroatoms. The van der Waals surface area contributed by atoms with E-state index in [0.29, 0.717) is 12.8 Å². The van der Waals surface area contributed by atoms with Gasteiger partial charge in [0.2, 0.25) is 0 Å². The van der Waals surface area contributed by atoms with Gasteiger partial charge in [0.05, 0.1) is 6.07 Å². The highest BCUT2D eigenvalue weighted by Crippen LogP contribution is 2.30. The molecule has 1 saturated heterocycles. The topological polar surface area (TPSA) is 44.1 Å². The summed E-state index contributed by atoms with van der Waals surface area (Å²) in [5.41, 5.74) is -0.674. The molecule has 0 atom stereocenters. The summed E-state index contributed by atoms with van der Waals surface area (Å²) >= 11 is 0. The van der Waals surface area contributed by atoms with Crippen LogP contribution in [0.1, 0.15) is 19.8 Å². The second kappa shape index (κ2) is 3.24. The molecule has 0 bridgehead atoms. The number of carbonyl (C=O) groups excluding carboxylic acids is 1. The zero-order valence-corrected chi connectivity index (χ0v) is 7.63. The van der Waals surface area contributed by atoms with Gasteiger partial charge in [-0.05, 0) is 39.9 Å². The quantitative estimate of drug-likeness (QED) is 0.579. The minimum Gasteiger partial charge on any atom is -0.306 e. The fourth-order valence-electron chi connectivity index (χ4n) is 1.54. The first kappa shape index (κ1) is 9.21. The highest BCUT2D eigenvalue weighted by molar-refractivity contribution is 5.85. The second-order valence-electron chi connectivity index (χ2n) is 3.55. The summed E-state index contributed by atoms with van der Waals surface area (Å²) < 4.78 is 0. The van der Waals surface area contributed by atoms with Crippen molar-refractivity contribution in [3.05, 3.63) is 0 Å². The van der Waals surface area contributed by atoms with Crippen molar-refractivity contribution in [2.45, 2.75) is 19.8 Å². The van der Waals surface area contributed by atoms with E-state index >= 15 is 0 Å². The minimum atomic E-state index is -0.674. The number of ketones is 1. The Kier molecular flexibility index (Phi) is 2.49. The Morgan fingerprint density at radius 2 is 2.00 bits per heavy atom. The molecule has 66 valence electrons. The molecule has 0 N–H and O–H groups in total. The SMILES string of the molecule is CC(=O)C1(C#N)CCN(C)CC1. The lowest BCUT2D eigenvalue weighted by Gasteiger charge is -2.33. The van der Waals surface area contributed by atoms with Crippen molar-refractivity contribution in [1.82, 2.24) is 4.90 Å². The minimum absolute atomic E-state index is 0.0260. The highest BCUT2D eigenvalue weighted by Gasteiger charge is 2.38. The van der Waals surface area contributed by atoms with E-state index in [1.165, 1.54) is 6.92 Å². The Bertz CT molecular complexity index is 221. The summed E-state index contributed by atoms with van der Waals surface area (Å²) in [6.07, 6.45) is 1.38. The molecule has 1 aliphatic rings. The van der Waals surface area contributed by atoms with Crippen molar-refractivity contribution in [3.8, 4) is 6.07 Å². The summed E-state index contributed by atoms with van der Waals surface area (Å²) in [4.78, 5) is 13.4. The van der Waals surface area contributed by atoms with Gasteiger partial charge in [-0.15, -0.1) is 0 Å². The lowest BCUT2D eigenvalue weighted by Crippen LogP contribution is -2.41. The average molecular weight is 166 g/mol. The molecule has 0 unspecified atom stereocenters. The molecule has 1 rings (SSSR count). The molecule has 0 spiro atoms. The Labute approximate surface area is 73.0 Å². The van der Waals surface area contributed by atoms with Gasteiger partial charge >= 0.3 is 0 Å². The zero-order valence-electron chi connectivity index (χ0n) is 7.63. The lowest BCUT2D eigenvalue weighted by molar-refractivity contribution is -0.125. The average Bonchev–Trinajstić information content (AvgIpc) is 2.06. The molecule has 3 nitrogen and oxygen atoms in total. The smallest absolute Gasteiger partial charge is 0.150 e. The van der Waals surface area contributed by atoms with Gasteiger partial charge in [-0.25, -0.2) is 0 Å². The van der Waals surface area contributed by atoms with Gasteiger partial charge in [0.15, 0.2) is 0 Å². The van der Waals surface area contributed by atoms with Gasteiger partial charge in [-0.1, -0.05) is 0 Å². The van der Waals surface area contributed by atoms with E-state index in [4.69, 9.17) is 5.26 Å². The number of rotatable bonds is 1. The number of piperidine rings is 1. The van der Waals surface area contributed by atoms with Gasteiger partial charge < -0.3 is 4.90 Å². The Morgan fingerprint density at radius 3 is 2.33 bits per heavy atom. The monoisotopic (exact) mass is 166 g/mol. The van der Waals surface area contributed by atoms with Crippen LogP contribution >= 0.6 is 0 Å². The first-order chi connectivity index (χ1) is 5.60. The van der Waals surface area contributed by atoms with Crippen molar-refractivity contribution < 1.29 is 4.79 Å². The van der Waals surface area contributed by atoms with Gasteiger partial charge in [0.25, 0.3) is 0 Å². The fourth-order valence-corrected chi connectivity index (χ4v) is 1.54.